The highest BCUT2D eigenvalue weighted by molar-refractivity contribution is 7.99. The topological polar surface area (TPSA) is 38.9 Å². The Morgan fingerprint density at radius 1 is 0.947 bits per heavy atom. The molecule has 2 N–H and O–H groups in total. The van der Waals surface area contributed by atoms with Gasteiger partial charge in [-0.15, -0.1) is 0 Å². The standard InChI is InChI=1S/C15H11FN2S/c16-11-6-2-7-12(14(11)17)19-13-8-1-4-10-5-3-9-18-15(10)13/h1-9H,17H2. The molecule has 4 heteroatoms. The van der Waals surface area contributed by atoms with E-state index in [9.17, 15) is 4.39 Å². The summed E-state index contributed by atoms with van der Waals surface area (Å²) in [7, 11) is 0. The summed E-state index contributed by atoms with van der Waals surface area (Å²) >= 11 is 1.43. The van der Waals surface area contributed by atoms with Gasteiger partial charge in [0.2, 0.25) is 0 Å². The van der Waals surface area contributed by atoms with Gasteiger partial charge in [-0.2, -0.15) is 0 Å². The van der Waals surface area contributed by atoms with Gasteiger partial charge in [-0.25, -0.2) is 4.39 Å². The van der Waals surface area contributed by atoms with Crippen molar-refractivity contribution < 1.29 is 4.39 Å². The minimum Gasteiger partial charge on any atom is -0.395 e. The lowest BCUT2D eigenvalue weighted by molar-refractivity contribution is 0.629. The van der Waals surface area contributed by atoms with Crippen LogP contribution in [-0.2, 0) is 0 Å². The highest BCUT2D eigenvalue weighted by Gasteiger charge is 2.08. The van der Waals surface area contributed by atoms with Gasteiger partial charge < -0.3 is 5.73 Å². The lowest BCUT2D eigenvalue weighted by Gasteiger charge is -2.08. The van der Waals surface area contributed by atoms with Crippen molar-refractivity contribution in [3.05, 3.63) is 60.5 Å². The molecule has 0 aliphatic heterocycles. The van der Waals surface area contributed by atoms with Gasteiger partial charge in [0.15, 0.2) is 0 Å². The molecular formula is C15H11FN2S. The molecule has 0 fully saturated rings. The minimum absolute atomic E-state index is 0.181. The minimum atomic E-state index is -0.391. The second kappa shape index (κ2) is 4.90. The van der Waals surface area contributed by atoms with E-state index in [-0.39, 0.29) is 5.69 Å². The molecule has 94 valence electrons. The van der Waals surface area contributed by atoms with E-state index >= 15 is 0 Å². The van der Waals surface area contributed by atoms with Crippen LogP contribution >= 0.6 is 11.8 Å². The van der Waals surface area contributed by atoms with Gasteiger partial charge in [-0.05, 0) is 24.3 Å². The maximum absolute atomic E-state index is 13.4. The Morgan fingerprint density at radius 2 is 1.68 bits per heavy atom. The fourth-order valence-corrected chi connectivity index (χ4v) is 2.89. The van der Waals surface area contributed by atoms with Crippen molar-refractivity contribution in [1.82, 2.24) is 4.98 Å². The number of pyridine rings is 1. The predicted octanol–water partition coefficient (Wildman–Crippen LogP) is 4.11. The number of halogens is 1. The Morgan fingerprint density at radius 3 is 2.58 bits per heavy atom. The Hall–Kier alpha value is -2.07. The van der Waals surface area contributed by atoms with Crippen molar-refractivity contribution in [2.24, 2.45) is 0 Å². The van der Waals surface area contributed by atoms with E-state index in [1.165, 1.54) is 17.8 Å². The third-order valence-corrected chi connectivity index (χ3v) is 3.95. The molecule has 0 radical (unpaired) electrons. The van der Waals surface area contributed by atoms with Crippen LogP contribution in [0.15, 0.2) is 64.5 Å². The highest BCUT2D eigenvalue weighted by Crippen LogP contribution is 2.36. The fourth-order valence-electron chi connectivity index (χ4n) is 1.88. The zero-order chi connectivity index (χ0) is 13.2. The van der Waals surface area contributed by atoms with Gasteiger partial charge in [0.1, 0.15) is 5.82 Å². The molecule has 0 aliphatic carbocycles. The van der Waals surface area contributed by atoms with Crippen LogP contribution in [0.1, 0.15) is 0 Å². The quantitative estimate of drug-likeness (QED) is 0.712. The predicted molar refractivity (Wildman–Crippen MR) is 76.7 cm³/mol. The molecule has 1 heterocycles. The fraction of sp³-hybridized carbons (Fsp3) is 0. The van der Waals surface area contributed by atoms with Crippen molar-refractivity contribution in [3.8, 4) is 0 Å². The average Bonchev–Trinajstić information content (AvgIpc) is 2.44. The number of fused-ring (bicyclic) bond motifs is 1. The number of aromatic nitrogens is 1. The van der Waals surface area contributed by atoms with Crippen LogP contribution in [0.2, 0.25) is 0 Å². The molecule has 3 rings (SSSR count). The molecule has 0 unspecified atom stereocenters. The number of nitrogen functional groups attached to an aromatic ring is 1. The summed E-state index contributed by atoms with van der Waals surface area (Å²) in [5, 5.41) is 1.06. The second-order valence-electron chi connectivity index (χ2n) is 4.08. The van der Waals surface area contributed by atoms with Crippen molar-refractivity contribution >= 4 is 28.4 Å². The number of nitrogens with zero attached hydrogens (tertiary/aromatic N) is 1. The third kappa shape index (κ3) is 2.27. The molecule has 0 amide bonds. The molecule has 2 aromatic carbocycles. The number of nitrogens with two attached hydrogens (primary N) is 1. The molecule has 3 aromatic rings. The highest BCUT2D eigenvalue weighted by atomic mass is 32.2. The van der Waals surface area contributed by atoms with Crippen molar-refractivity contribution in [1.29, 1.82) is 0 Å². The first-order chi connectivity index (χ1) is 9.25. The zero-order valence-corrected chi connectivity index (χ0v) is 10.8. The number of hydrogen-bond donors (Lipinski definition) is 1. The number of hydrogen-bond acceptors (Lipinski definition) is 3. The first-order valence-electron chi connectivity index (χ1n) is 5.81. The molecule has 0 aliphatic rings. The number of anilines is 1. The Kier molecular flexibility index (Phi) is 3.09. The van der Waals surface area contributed by atoms with E-state index in [2.05, 4.69) is 4.98 Å². The number of benzene rings is 2. The molecule has 0 spiro atoms. The molecule has 0 bridgehead atoms. The van der Waals surface area contributed by atoms with Crippen molar-refractivity contribution in [2.45, 2.75) is 9.79 Å². The van der Waals surface area contributed by atoms with Crippen LogP contribution in [0.4, 0.5) is 10.1 Å². The SMILES string of the molecule is Nc1c(F)cccc1Sc1cccc2cccnc12. The van der Waals surface area contributed by atoms with Crippen molar-refractivity contribution in [2.75, 3.05) is 5.73 Å². The maximum Gasteiger partial charge on any atom is 0.147 e. The normalized spacial score (nSPS) is 10.8. The molecule has 0 saturated carbocycles. The summed E-state index contributed by atoms with van der Waals surface area (Å²) in [6.07, 6.45) is 1.75. The Balaban J connectivity index is 2.09. The lowest BCUT2D eigenvalue weighted by Crippen LogP contribution is -1.93. The van der Waals surface area contributed by atoms with Crippen LogP contribution in [0.5, 0.6) is 0 Å². The third-order valence-electron chi connectivity index (χ3n) is 2.83. The number of rotatable bonds is 2. The van der Waals surface area contributed by atoms with Crippen LogP contribution < -0.4 is 5.73 Å². The summed E-state index contributed by atoms with van der Waals surface area (Å²) in [6.45, 7) is 0. The van der Waals surface area contributed by atoms with Crippen molar-refractivity contribution in [3.63, 3.8) is 0 Å². The largest absolute Gasteiger partial charge is 0.395 e. The van der Waals surface area contributed by atoms with E-state index < -0.39 is 5.82 Å². The smallest absolute Gasteiger partial charge is 0.147 e. The van der Waals surface area contributed by atoms with Gasteiger partial charge in [0.25, 0.3) is 0 Å². The first-order valence-corrected chi connectivity index (χ1v) is 6.63. The van der Waals surface area contributed by atoms with E-state index in [0.717, 1.165) is 15.8 Å². The van der Waals surface area contributed by atoms with Crippen LogP contribution in [0.3, 0.4) is 0 Å². The molecule has 19 heavy (non-hydrogen) atoms. The summed E-state index contributed by atoms with van der Waals surface area (Å²) in [5.41, 5.74) is 6.84. The zero-order valence-electron chi connectivity index (χ0n) is 10.0. The van der Waals surface area contributed by atoms with Gasteiger partial charge in [-0.3, -0.25) is 4.98 Å². The van der Waals surface area contributed by atoms with Crippen LogP contribution in [0.25, 0.3) is 10.9 Å². The van der Waals surface area contributed by atoms with Gasteiger partial charge in [0.05, 0.1) is 11.2 Å². The molecule has 2 nitrogen and oxygen atoms in total. The molecular weight excluding hydrogens is 259 g/mol. The number of para-hydroxylation sites is 2. The van der Waals surface area contributed by atoms with Crippen LogP contribution in [-0.4, -0.2) is 4.98 Å². The molecule has 0 atom stereocenters. The lowest BCUT2D eigenvalue weighted by atomic mass is 10.2. The molecule has 1 aromatic heterocycles. The van der Waals surface area contributed by atoms with Crippen LogP contribution in [0, 0.1) is 5.82 Å². The van der Waals surface area contributed by atoms with E-state index in [1.54, 1.807) is 12.3 Å². The monoisotopic (exact) mass is 270 g/mol. The second-order valence-corrected chi connectivity index (χ2v) is 5.17. The Bertz CT molecular complexity index is 738. The summed E-state index contributed by atoms with van der Waals surface area (Å²) < 4.78 is 13.4. The first kappa shape index (κ1) is 12.0. The molecule has 0 saturated heterocycles. The van der Waals surface area contributed by atoms with Gasteiger partial charge in [0, 0.05) is 21.4 Å². The summed E-state index contributed by atoms with van der Waals surface area (Å²) in [4.78, 5) is 6.05. The van der Waals surface area contributed by atoms with E-state index in [4.69, 9.17) is 5.73 Å². The van der Waals surface area contributed by atoms with E-state index in [1.807, 2.05) is 36.4 Å². The Labute approximate surface area is 114 Å². The summed E-state index contributed by atoms with van der Waals surface area (Å²) in [6, 6.07) is 14.7. The van der Waals surface area contributed by atoms with Gasteiger partial charge >= 0.3 is 0 Å². The van der Waals surface area contributed by atoms with Gasteiger partial charge in [-0.1, -0.05) is 36.0 Å². The summed E-state index contributed by atoms with van der Waals surface area (Å²) in [5.74, 6) is -0.391. The maximum atomic E-state index is 13.4. The van der Waals surface area contributed by atoms with E-state index in [0.29, 0.717) is 4.90 Å². The average molecular weight is 270 g/mol.